The Morgan fingerprint density at radius 1 is 1.31 bits per heavy atom. The highest BCUT2D eigenvalue weighted by Gasteiger charge is 2.30. The average molecular weight is 187 g/mol. The van der Waals surface area contributed by atoms with Gasteiger partial charge >= 0.3 is 0 Å². The lowest BCUT2D eigenvalue weighted by molar-refractivity contribution is -0.155. The number of aliphatic imine (C=N–C) groups is 1. The molecule has 0 aliphatic rings. The topological polar surface area (TPSA) is 30.8 Å². The summed E-state index contributed by atoms with van der Waals surface area (Å²) in [6.07, 6.45) is 0.766. The molecule has 0 fully saturated rings. The van der Waals surface area contributed by atoms with Gasteiger partial charge in [0.05, 0.1) is 5.71 Å². The van der Waals surface area contributed by atoms with Crippen LogP contribution in [0.1, 0.15) is 34.1 Å². The fourth-order valence-electron chi connectivity index (χ4n) is 1.41. The maximum absolute atomic E-state index is 5.35. The molecule has 0 radical (unpaired) electrons. The molecule has 0 heterocycles. The van der Waals surface area contributed by atoms with Crippen molar-refractivity contribution < 1.29 is 9.47 Å². The van der Waals surface area contributed by atoms with Crippen molar-refractivity contribution in [3.8, 4) is 0 Å². The summed E-state index contributed by atoms with van der Waals surface area (Å²) < 4.78 is 10.7. The Kier molecular flexibility index (Phi) is 5.18. The molecule has 0 atom stereocenters. The third kappa shape index (κ3) is 3.08. The highest BCUT2D eigenvalue weighted by Crippen LogP contribution is 2.18. The maximum atomic E-state index is 5.35. The zero-order valence-electron chi connectivity index (χ0n) is 9.55. The molecule has 13 heavy (non-hydrogen) atoms. The van der Waals surface area contributed by atoms with E-state index in [4.69, 9.17) is 9.47 Å². The van der Waals surface area contributed by atoms with Gasteiger partial charge in [-0.2, -0.15) is 0 Å². The molecule has 0 unspecified atom stereocenters. The highest BCUT2D eigenvalue weighted by molar-refractivity contribution is 5.89. The Labute approximate surface area is 81.1 Å². The van der Waals surface area contributed by atoms with Crippen molar-refractivity contribution in [1.29, 1.82) is 0 Å². The van der Waals surface area contributed by atoms with Crippen LogP contribution in [0.3, 0.4) is 0 Å². The van der Waals surface area contributed by atoms with E-state index in [1.807, 2.05) is 27.7 Å². The van der Waals surface area contributed by atoms with Gasteiger partial charge in [-0.25, -0.2) is 0 Å². The molecule has 0 N–H and O–H groups in total. The first-order valence-electron chi connectivity index (χ1n) is 4.67. The quantitative estimate of drug-likeness (QED) is 0.488. The first-order valence-corrected chi connectivity index (χ1v) is 4.67. The molecule has 0 aromatic rings. The highest BCUT2D eigenvalue weighted by atomic mass is 16.7. The fraction of sp³-hybridized carbons (Fsp3) is 0.900. The van der Waals surface area contributed by atoms with Crippen LogP contribution in [0.5, 0.6) is 0 Å². The van der Waals surface area contributed by atoms with Crippen LogP contribution in [0.15, 0.2) is 4.99 Å². The minimum Gasteiger partial charge on any atom is -0.348 e. The molecule has 0 saturated carbocycles. The largest absolute Gasteiger partial charge is 0.348 e. The Hall–Kier alpha value is -0.410. The van der Waals surface area contributed by atoms with E-state index in [0.717, 1.165) is 12.1 Å². The van der Waals surface area contributed by atoms with E-state index in [9.17, 15) is 0 Å². The maximum Gasteiger partial charge on any atom is 0.206 e. The number of hydrogen-bond donors (Lipinski definition) is 0. The normalized spacial score (nSPS) is 13.9. The Morgan fingerprint density at radius 3 is 2.00 bits per heavy atom. The molecule has 0 aromatic heterocycles. The van der Waals surface area contributed by atoms with Gasteiger partial charge in [0.25, 0.3) is 0 Å². The predicted molar refractivity (Wildman–Crippen MR) is 55.3 cm³/mol. The SMILES string of the molecule is CCC(OC)(OC)C(C)=NC(C)C. The standard InChI is InChI=1S/C10H21NO2/c1-7-10(12-5,13-6)9(4)11-8(2)3/h8H,7H2,1-6H3. The molecule has 78 valence electrons. The average Bonchev–Trinajstić information content (AvgIpc) is 2.07. The molecular formula is C10H21NO2. The molecule has 3 heteroatoms. The van der Waals surface area contributed by atoms with Crippen molar-refractivity contribution in [2.24, 2.45) is 4.99 Å². The summed E-state index contributed by atoms with van der Waals surface area (Å²) in [5, 5.41) is 0. The number of ether oxygens (including phenoxy) is 2. The number of hydrogen-bond acceptors (Lipinski definition) is 3. The number of methoxy groups -OCH3 is 2. The molecule has 3 nitrogen and oxygen atoms in total. The molecule has 0 saturated heterocycles. The molecule has 0 rings (SSSR count). The van der Waals surface area contributed by atoms with Crippen LogP contribution >= 0.6 is 0 Å². The van der Waals surface area contributed by atoms with Gasteiger partial charge in [-0.3, -0.25) is 4.99 Å². The van der Waals surface area contributed by atoms with Crippen molar-refractivity contribution in [3.63, 3.8) is 0 Å². The van der Waals surface area contributed by atoms with Gasteiger partial charge in [0.2, 0.25) is 5.79 Å². The van der Waals surface area contributed by atoms with Crippen molar-refractivity contribution in [2.75, 3.05) is 14.2 Å². The van der Waals surface area contributed by atoms with Crippen LogP contribution in [0.25, 0.3) is 0 Å². The predicted octanol–water partition coefficient (Wildman–Crippen LogP) is 2.25. The van der Waals surface area contributed by atoms with Gasteiger partial charge in [0, 0.05) is 26.7 Å². The number of rotatable bonds is 5. The van der Waals surface area contributed by atoms with Gasteiger partial charge < -0.3 is 9.47 Å². The van der Waals surface area contributed by atoms with E-state index in [0.29, 0.717) is 0 Å². The molecule has 0 amide bonds. The zero-order chi connectivity index (χ0) is 10.5. The molecular weight excluding hydrogens is 166 g/mol. The molecule has 0 aliphatic heterocycles. The van der Waals surface area contributed by atoms with Gasteiger partial charge in [0.1, 0.15) is 0 Å². The van der Waals surface area contributed by atoms with E-state index < -0.39 is 5.79 Å². The zero-order valence-corrected chi connectivity index (χ0v) is 9.55. The van der Waals surface area contributed by atoms with Crippen LogP contribution in [-0.2, 0) is 9.47 Å². The third-order valence-electron chi connectivity index (χ3n) is 2.13. The van der Waals surface area contributed by atoms with Crippen LogP contribution in [-0.4, -0.2) is 31.8 Å². The second kappa shape index (κ2) is 5.35. The summed E-state index contributed by atoms with van der Waals surface area (Å²) in [5.74, 6) is -0.635. The van der Waals surface area contributed by atoms with E-state index >= 15 is 0 Å². The summed E-state index contributed by atoms with van der Waals surface area (Å²) in [4.78, 5) is 4.43. The summed E-state index contributed by atoms with van der Waals surface area (Å²) in [6.45, 7) is 8.04. The lowest BCUT2D eigenvalue weighted by Gasteiger charge is -2.29. The lowest BCUT2D eigenvalue weighted by atomic mass is 10.1. The fourth-order valence-corrected chi connectivity index (χ4v) is 1.41. The van der Waals surface area contributed by atoms with Crippen molar-refractivity contribution >= 4 is 5.71 Å². The summed E-state index contributed by atoms with van der Waals surface area (Å²) in [7, 11) is 3.29. The van der Waals surface area contributed by atoms with E-state index in [1.54, 1.807) is 14.2 Å². The smallest absolute Gasteiger partial charge is 0.206 e. The van der Waals surface area contributed by atoms with E-state index in [-0.39, 0.29) is 6.04 Å². The monoisotopic (exact) mass is 187 g/mol. The van der Waals surface area contributed by atoms with Crippen LogP contribution in [0, 0.1) is 0 Å². The van der Waals surface area contributed by atoms with Gasteiger partial charge in [0.15, 0.2) is 0 Å². The van der Waals surface area contributed by atoms with E-state index in [1.165, 1.54) is 0 Å². The first-order chi connectivity index (χ1) is 6.02. The van der Waals surface area contributed by atoms with Gasteiger partial charge in [-0.05, 0) is 20.8 Å². The molecule has 0 spiro atoms. The van der Waals surface area contributed by atoms with Crippen LogP contribution in [0.4, 0.5) is 0 Å². The van der Waals surface area contributed by atoms with E-state index in [2.05, 4.69) is 4.99 Å². The van der Waals surface area contributed by atoms with Crippen molar-refractivity contribution in [2.45, 2.75) is 45.9 Å². The second-order valence-corrected chi connectivity index (χ2v) is 3.32. The van der Waals surface area contributed by atoms with Gasteiger partial charge in [-0.1, -0.05) is 6.92 Å². The summed E-state index contributed by atoms with van der Waals surface area (Å²) in [6, 6.07) is 0.274. The lowest BCUT2D eigenvalue weighted by Crippen LogP contribution is -2.41. The molecule has 0 bridgehead atoms. The van der Waals surface area contributed by atoms with Crippen molar-refractivity contribution in [3.05, 3.63) is 0 Å². The summed E-state index contributed by atoms with van der Waals surface area (Å²) >= 11 is 0. The van der Waals surface area contributed by atoms with Crippen molar-refractivity contribution in [1.82, 2.24) is 0 Å². The van der Waals surface area contributed by atoms with Crippen LogP contribution < -0.4 is 0 Å². The Balaban J connectivity index is 4.72. The minimum absolute atomic E-state index is 0.274. The first kappa shape index (κ1) is 12.6. The Bertz CT molecular complexity index is 163. The van der Waals surface area contributed by atoms with Crippen LogP contribution in [0.2, 0.25) is 0 Å². The molecule has 0 aromatic carbocycles. The second-order valence-electron chi connectivity index (χ2n) is 3.32. The van der Waals surface area contributed by atoms with Gasteiger partial charge in [-0.15, -0.1) is 0 Å². The third-order valence-corrected chi connectivity index (χ3v) is 2.13. The molecule has 0 aliphatic carbocycles. The minimum atomic E-state index is -0.635. The summed E-state index contributed by atoms with van der Waals surface area (Å²) in [5.41, 5.74) is 0.898. The Morgan fingerprint density at radius 2 is 1.77 bits per heavy atom. The number of nitrogens with zero attached hydrogens (tertiary/aromatic N) is 1.